The Morgan fingerprint density at radius 1 is 1.41 bits per heavy atom. The maximum atomic E-state index is 12.9. The molecule has 12 nitrogen and oxygen atoms in total. The summed E-state index contributed by atoms with van der Waals surface area (Å²) in [5.74, 6) is -2.31. The van der Waals surface area contributed by atoms with Gasteiger partial charge in [0.25, 0.3) is 5.69 Å². The van der Waals surface area contributed by atoms with Crippen LogP contribution in [0.4, 0.5) is 5.69 Å². The van der Waals surface area contributed by atoms with Crippen LogP contribution in [0.3, 0.4) is 0 Å². The first-order valence-corrected chi connectivity index (χ1v) is 11.2. The van der Waals surface area contributed by atoms with E-state index < -0.39 is 33.7 Å². The van der Waals surface area contributed by atoms with Gasteiger partial charge in [-0.3, -0.25) is 19.8 Å². The first-order valence-electron chi connectivity index (χ1n) is 9.42. The molecule has 1 amide bonds. The van der Waals surface area contributed by atoms with E-state index in [4.69, 9.17) is 0 Å². The van der Waals surface area contributed by atoms with Crippen molar-refractivity contribution in [2.75, 3.05) is 5.75 Å². The number of aliphatic hydroxyl groups is 1. The van der Waals surface area contributed by atoms with E-state index in [1.165, 1.54) is 52.2 Å². The van der Waals surface area contributed by atoms with Gasteiger partial charge < -0.3 is 10.2 Å². The number of rotatable bonds is 8. The molecule has 0 saturated carbocycles. The van der Waals surface area contributed by atoms with Crippen molar-refractivity contribution in [2.24, 2.45) is 13.0 Å². The van der Waals surface area contributed by atoms with Crippen molar-refractivity contribution in [3.63, 3.8) is 0 Å². The number of non-ortho nitro benzene ring substituents is 1. The monoisotopic (exact) mass is 478 g/mol. The predicted molar refractivity (Wildman–Crippen MR) is 113 cm³/mol. The lowest BCUT2D eigenvalue weighted by Gasteiger charge is -2.54. The highest BCUT2D eigenvalue weighted by Crippen LogP contribution is 2.60. The molecule has 1 fully saturated rings. The molecule has 1 aromatic carbocycles. The summed E-state index contributed by atoms with van der Waals surface area (Å²) in [5.41, 5.74) is 0.488. The minimum Gasteiger partial charge on any atom is -0.477 e. The average Bonchev–Trinajstić information content (AvgIpc) is 3.25. The third-order valence-electron chi connectivity index (χ3n) is 5.34. The van der Waals surface area contributed by atoms with Crippen molar-refractivity contribution in [3.05, 3.63) is 50.5 Å². The fourth-order valence-electron chi connectivity index (χ4n) is 4.01. The lowest BCUT2D eigenvalue weighted by atomic mass is 9.78. The second-order valence-corrected chi connectivity index (χ2v) is 9.74. The van der Waals surface area contributed by atoms with Crippen molar-refractivity contribution >= 4 is 41.1 Å². The third kappa shape index (κ3) is 3.53. The van der Waals surface area contributed by atoms with Gasteiger partial charge in [-0.15, -0.1) is 5.10 Å². The maximum absolute atomic E-state index is 12.9. The number of amides is 1. The second kappa shape index (κ2) is 8.18. The molecule has 2 aliphatic rings. The summed E-state index contributed by atoms with van der Waals surface area (Å²) in [6, 6.07) is 5.87. The largest absolute Gasteiger partial charge is 0.477 e. The summed E-state index contributed by atoms with van der Waals surface area (Å²) in [7, 11) is 1.66. The molecule has 0 bridgehead atoms. The predicted octanol–water partition coefficient (Wildman–Crippen LogP) is 1.03. The Hall–Kier alpha value is -2.97. The zero-order valence-corrected chi connectivity index (χ0v) is 18.5. The molecule has 4 rings (SSSR count). The second-order valence-electron chi connectivity index (χ2n) is 7.39. The number of aryl methyl sites for hydroxylation is 1. The fourth-order valence-corrected chi connectivity index (χ4v) is 6.77. The molecule has 2 aliphatic heterocycles. The van der Waals surface area contributed by atoms with Crippen molar-refractivity contribution in [3.8, 4) is 0 Å². The van der Waals surface area contributed by atoms with Gasteiger partial charge in [0.2, 0.25) is 11.1 Å². The molecular formula is C18H18N6O6S2. The first-order chi connectivity index (χ1) is 15.2. The molecule has 0 unspecified atom stereocenters. The van der Waals surface area contributed by atoms with Crippen LogP contribution in [-0.4, -0.2) is 68.8 Å². The normalized spacial score (nSPS) is 23.2. The number of β-lactam (4-membered cyclic amide) rings is 1. The topological polar surface area (TPSA) is 165 Å². The number of aliphatic hydroxyl groups excluding tert-OH is 1. The first kappa shape index (κ1) is 22.2. The number of fused-ring (bicyclic) bond motifs is 1. The number of nitro groups is 1. The number of carbonyl (C=O) groups is 2. The van der Waals surface area contributed by atoms with E-state index >= 15 is 0 Å². The molecule has 32 heavy (non-hydrogen) atoms. The number of tetrazole rings is 1. The van der Waals surface area contributed by atoms with E-state index in [9.17, 15) is 29.9 Å². The molecular weight excluding hydrogens is 460 g/mol. The molecule has 3 heterocycles. The molecule has 168 valence electrons. The zero-order valence-electron chi connectivity index (χ0n) is 16.9. The Labute approximate surface area is 189 Å². The van der Waals surface area contributed by atoms with E-state index in [0.29, 0.717) is 15.6 Å². The van der Waals surface area contributed by atoms with Crippen LogP contribution in [0.1, 0.15) is 12.5 Å². The van der Waals surface area contributed by atoms with E-state index in [0.717, 1.165) is 0 Å². The minimum atomic E-state index is -1.24. The molecule has 3 atom stereocenters. The van der Waals surface area contributed by atoms with Crippen LogP contribution in [0, 0.1) is 16.0 Å². The zero-order chi connectivity index (χ0) is 23.2. The summed E-state index contributed by atoms with van der Waals surface area (Å²) >= 11 is 2.46. The summed E-state index contributed by atoms with van der Waals surface area (Å²) in [4.78, 5) is 36.1. The van der Waals surface area contributed by atoms with Crippen LogP contribution in [0.25, 0.3) is 0 Å². The molecule has 0 spiro atoms. The average molecular weight is 479 g/mol. The van der Waals surface area contributed by atoms with Crippen molar-refractivity contribution in [1.29, 1.82) is 0 Å². The van der Waals surface area contributed by atoms with Crippen molar-refractivity contribution in [1.82, 2.24) is 25.1 Å². The number of aliphatic carboxylic acids is 1. The van der Waals surface area contributed by atoms with Crippen LogP contribution >= 0.6 is 23.5 Å². The number of hydrogen-bond donors (Lipinski definition) is 2. The summed E-state index contributed by atoms with van der Waals surface area (Å²) in [6.07, 6.45) is -0.790. The number of hydrogen-bond acceptors (Lipinski definition) is 10. The van der Waals surface area contributed by atoms with Crippen molar-refractivity contribution < 1.29 is 24.7 Å². The smallest absolute Gasteiger partial charge is 0.353 e. The van der Waals surface area contributed by atoms with Crippen LogP contribution in [-0.2, 0) is 23.1 Å². The number of aromatic nitrogens is 4. The van der Waals surface area contributed by atoms with E-state index in [1.807, 2.05) is 0 Å². The van der Waals surface area contributed by atoms with E-state index in [2.05, 4.69) is 15.5 Å². The quantitative estimate of drug-likeness (QED) is 0.241. The van der Waals surface area contributed by atoms with Gasteiger partial charge in [0.15, 0.2) is 0 Å². The Bertz CT molecular complexity index is 1130. The molecule has 2 aromatic rings. The van der Waals surface area contributed by atoms with Gasteiger partial charge in [0.05, 0.1) is 16.9 Å². The number of nitrogens with zero attached hydrogens (tertiary/aromatic N) is 6. The van der Waals surface area contributed by atoms with Gasteiger partial charge in [-0.1, -0.05) is 35.7 Å². The number of nitro benzene ring substituents is 1. The Morgan fingerprint density at radius 3 is 2.62 bits per heavy atom. The molecule has 14 heteroatoms. The molecule has 0 aliphatic carbocycles. The molecule has 0 radical (unpaired) electrons. The summed E-state index contributed by atoms with van der Waals surface area (Å²) in [6.45, 7) is 1.50. The lowest BCUT2D eigenvalue weighted by Crippen LogP contribution is -2.70. The highest BCUT2D eigenvalue weighted by atomic mass is 32.2. The van der Waals surface area contributed by atoms with Gasteiger partial charge in [-0.05, 0) is 22.9 Å². The van der Waals surface area contributed by atoms with Gasteiger partial charge in [0, 0.05) is 36.3 Å². The standard InChI is InChI=1S/C18H18N6O6S2/c1-9(25)13-15(26)23-14(16(27)28)12(8-31-17-19-20-21-22(17)2)32-18(13,23)7-10-3-5-11(6-4-10)24(29)30/h3-6,9,13,25H,7-8H2,1-2H3,(H,27,28)/t9-,13+,18-/m1/s1. The SMILES string of the molecule is C[C@@H](O)[C@H]1C(=O)N2C(C(=O)O)=C(CSc3nnnn3C)S[C@]12Cc1ccc([N+](=O)[O-])cc1. The number of carboxylic acids is 1. The fraction of sp³-hybridized carbons (Fsp3) is 0.389. The summed E-state index contributed by atoms with van der Waals surface area (Å²) in [5, 5.41) is 42.8. The van der Waals surface area contributed by atoms with Crippen LogP contribution in [0.2, 0.25) is 0 Å². The van der Waals surface area contributed by atoms with Gasteiger partial charge in [-0.25, -0.2) is 9.48 Å². The number of thioether (sulfide) groups is 2. The number of carboxylic acid groups (broad SMARTS) is 1. The van der Waals surface area contributed by atoms with E-state index in [1.54, 1.807) is 19.2 Å². The maximum Gasteiger partial charge on any atom is 0.353 e. The highest BCUT2D eigenvalue weighted by Gasteiger charge is 2.68. The van der Waals surface area contributed by atoms with Crippen molar-refractivity contribution in [2.45, 2.75) is 29.5 Å². The third-order valence-corrected chi connectivity index (χ3v) is 8.08. The molecule has 1 saturated heterocycles. The highest BCUT2D eigenvalue weighted by molar-refractivity contribution is 8.07. The number of carbonyl (C=O) groups excluding carboxylic acids is 1. The van der Waals surface area contributed by atoms with Crippen LogP contribution in [0.5, 0.6) is 0 Å². The lowest BCUT2D eigenvalue weighted by molar-refractivity contribution is -0.384. The van der Waals surface area contributed by atoms with Gasteiger partial charge in [-0.2, -0.15) is 0 Å². The van der Waals surface area contributed by atoms with E-state index in [-0.39, 0.29) is 23.6 Å². The van der Waals surface area contributed by atoms with Gasteiger partial charge >= 0.3 is 5.97 Å². The van der Waals surface area contributed by atoms with Gasteiger partial charge in [0.1, 0.15) is 10.6 Å². The Balaban J connectivity index is 1.67. The summed E-state index contributed by atoms with van der Waals surface area (Å²) < 4.78 is 1.45. The van der Waals surface area contributed by atoms with Crippen LogP contribution in [0.15, 0.2) is 40.0 Å². The Morgan fingerprint density at radius 2 is 2.09 bits per heavy atom. The minimum absolute atomic E-state index is 0.0716. The number of benzene rings is 1. The van der Waals surface area contributed by atoms with Crippen LogP contribution < -0.4 is 0 Å². The molecule has 2 N–H and O–H groups in total. The Kier molecular flexibility index (Phi) is 5.68. The molecule has 1 aromatic heterocycles.